The van der Waals surface area contributed by atoms with Crippen LogP contribution in [0.4, 0.5) is 19.0 Å². The van der Waals surface area contributed by atoms with E-state index in [4.69, 9.17) is 4.42 Å². The quantitative estimate of drug-likeness (QED) is 0.401. The summed E-state index contributed by atoms with van der Waals surface area (Å²) < 4.78 is 46.2. The van der Waals surface area contributed by atoms with Crippen LogP contribution in [0.5, 0.6) is 0 Å². The number of hydrogen-bond acceptors (Lipinski definition) is 7. The fraction of sp³-hybridized carbons (Fsp3) is 0.190. The Morgan fingerprint density at radius 1 is 1.21 bits per heavy atom. The zero-order valence-electron chi connectivity index (χ0n) is 17.3. The number of aromatic nitrogens is 4. The number of oxazole rings is 1. The molecule has 0 aliphatic carbocycles. The Morgan fingerprint density at radius 2 is 2.00 bits per heavy atom. The van der Waals surface area contributed by atoms with Crippen molar-refractivity contribution in [3.8, 4) is 11.3 Å². The number of Topliss-reactive ketones (excluding diaryl/α,β-unsaturated/α-hetero) is 1. The molecule has 0 saturated heterocycles. The van der Waals surface area contributed by atoms with E-state index in [1.54, 1.807) is 17.6 Å². The summed E-state index contributed by atoms with van der Waals surface area (Å²) in [4.78, 5) is 32.4. The van der Waals surface area contributed by atoms with Crippen molar-refractivity contribution in [3.05, 3.63) is 69.8 Å². The first-order valence-electron chi connectivity index (χ1n) is 9.55. The van der Waals surface area contributed by atoms with E-state index in [1.165, 1.54) is 42.0 Å². The summed E-state index contributed by atoms with van der Waals surface area (Å²) in [7, 11) is 0. The number of nitrogens with zero attached hydrogens (tertiary/aromatic N) is 4. The van der Waals surface area contributed by atoms with E-state index in [0.29, 0.717) is 17.2 Å². The molecular weight excluding hydrogens is 459 g/mol. The molecule has 0 radical (unpaired) electrons. The van der Waals surface area contributed by atoms with Gasteiger partial charge in [-0.05, 0) is 12.1 Å². The minimum Gasteiger partial charge on any atom is -0.440 e. The molecule has 0 aliphatic heterocycles. The van der Waals surface area contributed by atoms with Gasteiger partial charge in [-0.2, -0.15) is 18.3 Å². The first-order chi connectivity index (χ1) is 15.6. The lowest BCUT2D eigenvalue weighted by Gasteiger charge is -2.08. The topological polar surface area (TPSA) is 103 Å². The predicted octanol–water partition coefficient (Wildman–Crippen LogP) is 4.83. The Balaban J connectivity index is 1.53. The number of halogens is 3. The fourth-order valence-electron chi connectivity index (χ4n) is 2.99. The minimum absolute atomic E-state index is 0.0740. The number of carbonyl (C=O) groups is 2. The summed E-state index contributed by atoms with van der Waals surface area (Å²) in [5.74, 6) is -0.555. The molecule has 0 unspecified atom stereocenters. The molecule has 1 aromatic carbocycles. The number of aryl methyl sites for hydroxylation is 1. The highest BCUT2D eigenvalue weighted by molar-refractivity contribution is 7.09. The number of anilines is 1. The average molecular weight is 475 g/mol. The summed E-state index contributed by atoms with van der Waals surface area (Å²) in [5.41, 5.74) is -0.577. The van der Waals surface area contributed by atoms with Crippen LogP contribution >= 0.6 is 11.3 Å². The smallest absolute Gasteiger partial charge is 0.416 e. The van der Waals surface area contributed by atoms with Gasteiger partial charge in [0.1, 0.15) is 10.7 Å². The SMILES string of the molecule is CC(=O)c1csc(Cn2ccc(NC(=O)c3nc(C)oc3-c3cccc(C(F)(F)F)c3)n2)n1. The van der Waals surface area contributed by atoms with E-state index in [-0.39, 0.29) is 34.5 Å². The van der Waals surface area contributed by atoms with Crippen LogP contribution in [0.1, 0.15) is 44.4 Å². The van der Waals surface area contributed by atoms with Crippen molar-refractivity contribution in [2.45, 2.75) is 26.6 Å². The third-order valence-corrected chi connectivity index (χ3v) is 5.33. The summed E-state index contributed by atoms with van der Waals surface area (Å²) >= 11 is 1.32. The van der Waals surface area contributed by atoms with Crippen molar-refractivity contribution in [2.24, 2.45) is 0 Å². The van der Waals surface area contributed by atoms with Crippen LogP contribution < -0.4 is 5.32 Å². The van der Waals surface area contributed by atoms with Gasteiger partial charge in [0.2, 0.25) is 0 Å². The van der Waals surface area contributed by atoms with Crippen LogP contribution in [-0.4, -0.2) is 31.4 Å². The van der Waals surface area contributed by atoms with E-state index >= 15 is 0 Å². The maximum atomic E-state index is 13.1. The fourth-order valence-corrected chi connectivity index (χ4v) is 3.81. The molecule has 0 atom stereocenters. The molecule has 0 aliphatic rings. The second kappa shape index (κ2) is 8.62. The van der Waals surface area contributed by atoms with Gasteiger partial charge in [-0.1, -0.05) is 12.1 Å². The normalized spacial score (nSPS) is 11.5. The van der Waals surface area contributed by atoms with Crippen molar-refractivity contribution < 1.29 is 27.2 Å². The molecule has 0 saturated carbocycles. The largest absolute Gasteiger partial charge is 0.440 e. The maximum Gasteiger partial charge on any atom is 0.416 e. The molecule has 0 bridgehead atoms. The van der Waals surface area contributed by atoms with Gasteiger partial charge in [0.05, 0.1) is 12.1 Å². The van der Waals surface area contributed by atoms with Crippen molar-refractivity contribution >= 4 is 28.8 Å². The van der Waals surface area contributed by atoms with Crippen molar-refractivity contribution in [1.29, 1.82) is 0 Å². The Bertz CT molecular complexity index is 1340. The van der Waals surface area contributed by atoms with Gasteiger partial charge in [0.15, 0.2) is 28.9 Å². The summed E-state index contributed by atoms with van der Waals surface area (Å²) in [5, 5.41) is 9.14. The van der Waals surface area contributed by atoms with Gasteiger partial charge in [-0.15, -0.1) is 11.3 Å². The first-order valence-corrected chi connectivity index (χ1v) is 10.4. The van der Waals surface area contributed by atoms with Gasteiger partial charge in [-0.25, -0.2) is 9.97 Å². The molecular formula is C21H16F3N5O3S. The molecule has 33 heavy (non-hydrogen) atoms. The number of hydrogen-bond donors (Lipinski definition) is 1. The van der Waals surface area contributed by atoms with Crippen LogP contribution in [0.3, 0.4) is 0 Å². The van der Waals surface area contributed by atoms with Crippen LogP contribution in [0.15, 0.2) is 46.3 Å². The molecule has 0 fully saturated rings. The number of thiazole rings is 1. The molecule has 1 amide bonds. The molecule has 1 N–H and O–H groups in total. The number of ketones is 1. The molecule has 4 rings (SSSR count). The Kier molecular flexibility index (Phi) is 5.85. The standard InChI is InChI=1S/C21H16F3N5O3S/c1-11(30)15-10-33-17(26-15)9-29-7-6-16(28-29)27-20(31)18-19(32-12(2)25-18)13-4-3-5-14(8-13)21(22,23)24/h3-8,10H,9H2,1-2H3,(H,27,28,31). The zero-order valence-corrected chi connectivity index (χ0v) is 18.1. The van der Waals surface area contributed by atoms with Crippen LogP contribution in [0.25, 0.3) is 11.3 Å². The number of nitrogens with one attached hydrogen (secondary N) is 1. The molecule has 8 nitrogen and oxygen atoms in total. The Morgan fingerprint density at radius 3 is 2.70 bits per heavy atom. The van der Waals surface area contributed by atoms with E-state index in [1.807, 2.05) is 0 Å². The van der Waals surface area contributed by atoms with Gasteiger partial charge >= 0.3 is 6.18 Å². The van der Waals surface area contributed by atoms with E-state index in [9.17, 15) is 22.8 Å². The number of amides is 1. The molecule has 4 aromatic rings. The van der Waals surface area contributed by atoms with E-state index in [2.05, 4.69) is 20.4 Å². The van der Waals surface area contributed by atoms with Gasteiger partial charge < -0.3 is 9.73 Å². The molecule has 12 heteroatoms. The highest BCUT2D eigenvalue weighted by atomic mass is 32.1. The van der Waals surface area contributed by atoms with Crippen LogP contribution in [-0.2, 0) is 12.7 Å². The molecule has 3 aromatic heterocycles. The number of carbonyl (C=O) groups excluding carboxylic acids is 2. The van der Waals surface area contributed by atoms with E-state index in [0.717, 1.165) is 12.1 Å². The Labute approximate surface area is 189 Å². The molecule has 0 spiro atoms. The highest BCUT2D eigenvalue weighted by Gasteiger charge is 2.31. The zero-order chi connectivity index (χ0) is 23.8. The number of rotatable bonds is 6. The molecule has 170 valence electrons. The summed E-state index contributed by atoms with van der Waals surface area (Å²) in [6, 6.07) is 6.02. The van der Waals surface area contributed by atoms with Crippen molar-refractivity contribution in [3.63, 3.8) is 0 Å². The predicted molar refractivity (Wildman–Crippen MR) is 113 cm³/mol. The van der Waals surface area contributed by atoms with Crippen LogP contribution in [0.2, 0.25) is 0 Å². The van der Waals surface area contributed by atoms with E-state index < -0.39 is 17.6 Å². The second-order valence-corrected chi connectivity index (χ2v) is 7.97. The van der Waals surface area contributed by atoms with Crippen molar-refractivity contribution in [2.75, 3.05) is 5.32 Å². The van der Waals surface area contributed by atoms with Gasteiger partial charge in [-0.3, -0.25) is 14.3 Å². The lowest BCUT2D eigenvalue weighted by atomic mass is 10.1. The molecule has 3 heterocycles. The Hall–Kier alpha value is -3.80. The third-order valence-electron chi connectivity index (χ3n) is 4.49. The van der Waals surface area contributed by atoms with Crippen LogP contribution in [0, 0.1) is 6.92 Å². The summed E-state index contributed by atoms with van der Waals surface area (Å²) in [6.45, 7) is 3.22. The monoisotopic (exact) mass is 475 g/mol. The number of alkyl halides is 3. The van der Waals surface area contributed by atoms with Gasteiger partial charge in [0.25, 0.3) is 5.91 Å². The maximum absolute atomic E-state index is 13.1. The third kappa shape index (κ3) is 5.00. The van der Waals surface area contributed by atoms with Crippen molar-refractivity contribution in [1.82, 2.24) is 19.7 Å². The van der Waals surface area contributed by atoms with Gasteiger partial charge in [0, 0.05) is 37.1 Å². The summed E-state index contributed by atoms with van der Waals surface area (Å²) in [6.07, 6.45) is -2.92. The average Bonchev–Trinajstić information content (AvgIpc) is 3.48. The minimum atomic E-state index is -4.54. The lowest BCUT2D eigenvalue weighted by molar-refractivity contribution is -0.137. The highest BCUT2D eigenvalue weighted by Crippen LogP contribution is 2.33. The lowest BCUT2D eigenvalue weighted by Crippen LogP contribution is -2.14. The first kappa shape index (κ1) is 22.4. The number of benzene rings is 1. The second-order valence-electron chi connectivity index (χ2n) is 7.02.